The first-order valence-electron chi connectivity index (χ1n) is 5.25. The quantitative estimate of drug-likeness (QED) is 0.593. The van der Waals surface area contributed by atoms with Gasteiger partial charge in [0.2, 0.25) is 17.0 Å². The molecule has 10 heteroatoms. The summed E-state index contributed by atoms with van der Waals surface area (Å²) in [6.07, 6.45) is 0.479. The highest BCUT2D eigenvalue weighted by Crippen LogP contribution is 2.14. The monoisotopic (exact) mass is 291 g/mol. The number of hydrogen-bond acceptors (Lipinski definition) is 7. The van der Waals surface area contributed by atoms with Crippen molar-refractivity contribution in [1.29, 1.82) is 0 Å². The molecule has 8 nitrogen and oxygen atoms in total. The largest absolute Gasteiger partial charge is 0.368 e. The van der Waals surface area contributed by atoms with Crippen LogP contribution in [0.1, 0.15) is 6.42 Å². The molecule has 0 bridgehead atoms. The van der Waals surface area contributed by atoms with Crippen LogP contribution < -0.4 is 11.1 Å². The number of aromatic amines is 1. The van der Waals surface area contributed by atoms with Gasteiger partial charge in [-0.1, -0.05) is 11.8 Å². The summed E-state index contributed by atoms with van der Waals surface area (Å²) < 4.78 is 22.4. The fraction of sp³-hybridized carbons (Fsp3) is 0.625. The molecule has 1 aliphatic heterocycles. The molecule has 1 fully saturated rings. The number of anilines is 1. The van der Waals surface area contributed by atoms with E-state index >= 15 is 0 Å². The predicted molar refractivity (Wildman–Crippen MR) is 66.7 cm³/mol. The summed E-state index contributed by atoms with van der Waals surface area (Å²) in [5.74, 6) is 0.262. The Labute approximate surface area is 108 Å². The third kappa shape index (κ3) is 3.60. The lowest BCUT2D eigenvalue weighted by Crippen LogP contribution is -2.36. The SMILES string of the molecule is Nc1nc(SCC(=O)NC2CCS(=O)(=O)C2)n[nH]1. The number of nitrogens with zero attached hydrogens (tertiary/aromatic N) is 2. The van der Waals surface area contributed by atoms with E-state index in [1.807, 2.05) is 0 Å². The fourth-order valence-electron chi connectivity index (χ4n) is 1.63. The maximum Gasteiger partial charge on any atom is 0.230 e. The van der Waals surface area contributed by atoms with Gasteiger partial charge in [0.25, 0.3) is 0 Å². The molecule has 0 spiro atoms. The molecular weight excluding hydrogens is 278 g/mol. The fourth-order valence-corrected chi connectivity index (χ4v) is 3.92. The zero-order chi connectivity index (χ0) is 13.2. The molecule has 18 heavy (non-hydrogen) atoms. The van der Waals surface area contributed by atoms with E-state index < -0.39 is 9.84 Å². The Morgan fingerprint density at radius 3 is 2.94 bits per heavy atom. The number of rotatable bonds is 4. The summed E-state index contributed by atoms with van der Waals surface area (Å²) in [5, 5.41) is 9.30. The van der Waals surface area contributed by atoms with Crippen molar-refractivity contribution >= 4 is 33.5 Å². The third-order valence-electron chi connectivity index (χ3n) is 2.41. The van der Waals surface area contributed by atoms with Crippen LogP contribution in [0, 0.1) is 0 Å². The number of H-pyrrole nitrogens is 1. The number of carbonyl (C=O) groups is 1. The molecule has 1 amide bonds. The zero-order valence-corrected chi connectivity index (χ0v) is 11.1. The summed E-state index contributed by atoms with van der Waals surface area (Å²) in [5.41, 5.74) is 5.34. The molecule has 1 aromatic rings. The average molecular weight is 291 g/mol. The molecule has 1 atom stereocenters. The lowest BCUT2D eigenvalue weighted by molar-refractivity contribution is -0.119. The second-order valence-corrected chi connectivity index (χ2v) is 7.13. The van der Waals surface area contributed by atoms with Crippen LogP contribution in [0.3, 0.4) is 0 Å². The highest BCUT2D eigenvalue weighted by molar-refractivity contribution is 7.99. The van der Waals surface area contributed by atoms with Crippen LogP contribution in [0.15, 0.2) is 5.16 Å². The second-order valence-electron chi connectivity index (χ2n) is 3.96. The Bertz CT molecular complexity index is 541. The van der Waals surface area contributed by atoms with Crippen molar-refractivity contribution in [3.8, 4) is 0 Å². The van der Waals surface area contributed by atoms with Crippen molar-refractivity contribution < 1.29 is 13.2 Å². The molecule has 2 heterocycles. The van der Waals surface area contributed by atoms with Gasteiger partial charge in [-0.05, 0) is 6.42 Å². The minimum absolute atomic E-state index is 0.0248. The highest BCUT2D eigenvalue weighted by atomic mass is 32.2. The first-order valence-corrected chi connectivity index (χ1v) is 8.06. The van der Waals surface area contributed by atoms with Crippen LogP contribution in [-0.2, 0) is 14.6 Å². The molecule has 4 N–H and O–H groups in total. The van der Waals surface area contributed by atoms with Gasteiger partial charge in [0.15, 0.2) is 9.84 Å². The van der Waals surface area contributed by atoms with Gasteiger partial charge in [-0.3, -0.25) is 4.79 Å². The van der Waals surface area contributed by atoms with E-state index in [9.17, 15) is 13.2 Å². The Balaban J connectivity index is 1.76. The first kappa shape index (κ1) is 13.1. The number of thioether (sulfide) groups is 1. The molecule has 0 radical (unpaired) electrons. The molecular formula is C8H13N5O3S2. The van der Waals surface area contributed by atoms with Gasteiger partial charge in [0, 0.05) is 6.04 Å². The third-order valence-corrected chi connectivity index (χ3v) is 5.03. The number of nitrogen functional groups attached to an aromatic ring is 1. The average Bonchev–Trinajstić information content (AvgIpc) is 2.82. The standard InChI is InChI=1S/C8H13N5O3S2/c9-7-11-8(13-12-7)17-3-6(14)10-5-1-2-18(15,16)4-5/h5H,1-4H2,(H,10,14)(H3,9,11,12,13). The number of nitrogens with one attached hydrogen (secondary N) is 2. The number of nitrogens with two attached hydrogens (primary N) is 1. The topological polar surface area (TPSA) is 131 Å². The Morgan fingerprint density at radius 1 is 1.61 bits per heavy atom. The maximum atomic E-state index is 11.6. The van der Waals surface area contributed by atoms with Gasteiger partial charge >= 0.3 is 0 Å². The van der Waals surface area contributed by atoms with Crippen LogP contribution in [0.5, 0.6) is 0 Å². The molecule has 0 saturated carbocycles. The summed E-state index contributed by atoms with van der Waals surface area (Å²) in [6, 6.07) is -0.277. The van der Waals surface area contributed by atoms with Gasteiger partial charge in [-0.15, -0.1) is 5.10 Å². The van der Waals surface area contributed by atoms with Crippen molar-refractivity contribution in [3.63, 3.8) is 0 Å². The van der Waals surface area contributed by atoms with E-state index in [-0.39, 0.29) is 35.2 Å². The number of aromatic nitrogens is 3. The van der Waals surface area contributed by atoms with E-state index in [1.54, 1.807) is 0 Å². The first-order chi connectivity index (χ1) is 8.44. The van der Waals surface area contributed by atoms with Gasteiger partial charge in [0.1, 0.15) is 0 Å². The van der Waals surface area contributed by atoms with Gasteiger partial charge in [-0.25, -0.2) is 13.5 Å². The van der Waals surface area contributed by atoms with Crippen LogP contribution >= 0.6 is 11.8 Å². The Kier molecular flexibility index (Phi) is 3.76. The molecule has 1 saturated heterocycles. The van der Waals surface area contributed by atoms with E-state index in [0.717, 1.165) is 11.8 Å². The normalized spacial score (nSPS) is 21.9. The smallest absolute Gasteiger partial charge is 0.230 e. The summed E-state index contributed by atoms with van der Waals surface area (Å²) >= 11 is 1.14. The maximum absolute atomic E-state index is 11.6. The molecule has 1 aliphatic rings. The van der Waals surface area contributed by atoms with E-state index in [0.29, 0.717) is 11.6 Å². The highest BCUT2D eigenvalue weighted by Gasteiger charge is 2.28. The van der Waals surface area contributed by atoms with Crippen LogP contribution in [0.25, 0.3) is 0 Å². The second kappa shape index (κ2) is 5.14. The van der Waals surface area contributed by atoms with Crippen molar-refractivity contribution in [2.45, 2.75) is 17.6 Å². The van der Waals surface area contributed by atoms with Crippen molar-refractivity contribution in [2.75, 3.05) is 23.0 Å². The van der Waals surface area contributed by atoms with Crippen LogP contribution in [0.2, 0.25) is 0 Å². The van der Waals surface area contributed by atoms with E-state index in [2.05, 4.69) is 20.5 Å². The Morgan fingerprint density at radius 2 is 2.39 bits per heavy atom. The Hall–Kier alpha value is -1.29. The van der Waals surface area contributed by atoms with Crippen molar-refractivity contribution in [3.05, 3.63) is 0 Å². The van der Waals surface area contributed by atoms with Gasteiger partial charge in [-0.2, -0.15) is 4.98 Å². The van der Waals surface area contributed by atoms with Crippen molar-refractivity contribution in [2.24, 2.45) is 0 Å². The van der Waals surface area contributed by atoms with Gasteiger partial charge < -0.3 is 11.1 Å². The van der Waals surface area contributed by atoms with E-state index in [4.69, 9.17) is 5.73 Å². The summed E-state index contributed by atoms with van der Waals surface area (Å²) in [4.78, 5) is 15.4. The summed E-state index contributed by atoms with van der Waals surface area (Å²) in [6.45, 7) is 0. The summed E-state index contributed by atoms with van der Waals surface area (Å²) in [7, 11) is -2.97. The minimum Gasteiger partial charge on any atom is -0.368 e. The lowest BCUT2D eigenvalue weighted by atomic mass is 10.3. The molecule has 1 aromatic heterocycles. The molecule has 100 valence electrons. The lowest BCUT2D eigenvalue weighted by Gasteiger charge is -2.09. The predicted octanol–water partition coefficient (Wildman–Crippen LogP) is -1.22. The number of carbonyl (C=O) groups excluding carboxylic acids is 1. The molecule has 1 unspecified atom stereocenters. The van der Waals surface area contributed by atoms with Crippen molar-refractivity contribution in [1.82, 2.24) is 20.5 Å². The van der Waals surface area contributed by atoms with Crippen LogP contribution in [-0.4, -0.2) is 52.8 Å². The number of hydrogen-bond donors (Lipinski definition) is 3. The molecule has 0 aliphatic carbocycles. The minimum atomic E-state index is -2.97. The van der Waals surface area contributed by atoms with Crippen LogP contribution in [0.4, 0.5) is 5.95 Å². The molecule has 0 aromatic carbocycles. The molecule has 2 rings (SSSR count). The number of amides is 1. The van der Waals surface area contributed by atoms with E-state index in [1.165, 1.54) is 0 Å². The van der Waals surface area contributed by atoms with Gasteiger partial charge in [0.05, 0.1) is 17.3 Å². The number of sulfone groups is 1. The zero-order valence-electron chi connectivity index (χ0n) is 9.42.